The maximum absolute atomic E-state index is 12.9. The van der Waals surface area contributed by atoms with Crippen LogP contribution in [0.2, 0.25) is 18.1 Å². The van der Waals surface area contributed by atoms with E-state index < -0.39 is 26.2 Å². The van der Waals surface area contributed by atoms with Crippen molar-refractivity contribution >= 4 is 25.9 Å². The molecule has 6 nitrogen and oxygen atoms in total. The Bertz CT molecular complexity index is 682. The van der Waals surface area contributed by atoms with E-state index in [-0.39, 0.29) is 10.9 Å². The molecule has 0 saturated carbocycles. The number of aliphatic carboxylic acids is 1. The van der Waals surface area contributed by atoms with Crippen molar-refractivity contribution in [2.75, 3.05) is 19.0 Å². The number of carboxylic acids is 1. The lowest BCUT2D eigenvalue weighted by Crippen LogP contribution is -2.75. The first-order valence-electron chi connectivity index (χ1n) is 8.56. The summed E-state index contributed by atoms with van der Waals surface area (Å²) in [7, 11) is 1.59. The molecule has 2 rings (SSSR count). The lowest BCUT2D eigenvalue weighted by atomic mass is 9.85. The second kappa shape index (κ2) is 6.44. The van der Waals surface area contributed by atoms with Crippen LogP contribution >= 0.6 is 0 Å². The molecule has 0 bridgehead atoms. The summed E-state index contributed by atoms with van der Waals surface area (Å²) in [5.41, 5.74) is 0.943. The van der Waals surface area contributed by atoms with Crippen molar-refractivity contribution in [2.24, 2.45) is 5.92 Å². The molecule has 25 heavy (non-hydrogen) atoms. The van der Waals surface area contributed by atoms with Crippen molar-refractivity contribution in [2.45, 2.75) is 51.4 Å². The fraction of sp³-hybridized carbons (Fsp3) is 0.611. The molecule has 2 atom stereocenters. The molecule has 1 N–H and O–H groups in total. The van der Waals surface area contributed by atoms with Gasteiger partial charge in [-0.15, -0.1) is 0 Å². The minimum Gasteiger partial charge on any atom is -0.480 e. The van der Waals surface area contributed by atoms with Crippen molar-refractivity contribution in [1.82, 2.24) is 9.55 Å². The molecule has 0 unspecified atom stereocenters. The first-order valence-corrected chi connectivity index (χ1v) is 11.5. The van der Waals surface area contributed by atoms with Crippen LogP contribution in [0.3, 0.4) is 0 Å². The van der Waals surface area contributed by atoms with Gasteiger partial charge in [-0.3, -0.25) is 4.79 Å². The predicted octanol–water partition coefficient (Wildman–Crippen LogP) is 2.61. The van der Waals surface area contributed by atoms with E-state index in [1.807, 2.05) is 31.1 Å². The Labute approximate surface area is 150 Å². The van der Waals surface area contributed by atoms with E-state index in [1.165, 1.54) is 0 Å². The van der Waals surface area contributed by atoms with Crippen LogP contribution in [0, 0.1) is 5.92 Å². The van der Waals surface area contributed by atoms with Crippen LogP contribution in [0.15, 0.2) is 18.3 Å². The van der Waals surface area contributed by atoms with Crippen LogP contribution in [0.4, 0.5) is 5.82 Å². The molecule has 1 amide bonds. The highest BCUT2D eigenvalue weighted by Gasteiger charge is 2.59. The summed E-state index contributed by atoms with van der Waals surface area (Å²) in [6.45, 7) is 10.4. The van der Waals surface area contributed by atoms with Crippen molar-refractivity contribution in [3.8, 4) is 0 Å². The van der Waals surface area contributed by atoms with Gasteiger partial charge in [0.15, 0.2) is 8.24 Å². The van der Waals surface area contributed by atoms with Crippen molar-refractivity contribution in [1.29, 1.82) is 0 Å². The molecule has 0 spiro atoms. The van der Waals surface area contributed by atoms with Gasteiger partial charge in [0.25, 0.3) is 0 Å². The summed E-state index contributed by atoms with van der Waals surface area (Å²) in [5.74, 6) is -0.625. The molecule has 1 fully saturated rings. The van der Waals surface area contributed by atoms with E-state index in [9.17, 15) is 14.7 Å². The topological polar surface area (TPSA) is 73.7 Å². The third-order valence-electron chi connectivity index (χ3n) is 5.63. The van der Waals surface area contributed by atoms with E-state index in [1.54, 1.807) is 10.8 Å². The van der Waals surface area contributed by atoms with Crippen LogP contribution in [-0.4, -0.2) is 54.9 Å². The fourth-order valence-corrected chi connectivity index (χ4v) is 5.53. The first kappa shape index (κ1) is 19.4. The maximum atomic E-state index is 12.9. The molecule has 2 heterocycles. The Kier molecular flexibility index (Phi) is 5.01. The molecule has 1 aliphatic rings. The number of β-lactam (4-membered cyclic amide) rings is 1. The second-order valence-electron chi connectivity index (χ2n) is 8.53. The normalized spacial score (nSPS) is 21.1. The average Bonchev–Trinajstić information content (AvgIpc) is 2.48. The van der Waals surface area contributed by atoms with Gasteiger partial charge in [-0.1, -0.05) is 33.9 Å². The van der Waals surface area contributed by atoms with Gasteiger partial charge in [0.05, 0.1) is 5.92 Å². The molecule has 0 aliphatic carbocycles. The van der Waals surface area contributed by atoms with Gasteiger partial charge in [0, 0.05) is 20.3 Å². The summed E-state index contributed by atoms with van der Waals surface area (Å²) in [4.78, 5) is 30.9. The van der Waals surface area contributed by atoms with E-state index in [4.69, 9.17) is 0 Å². The minimum absolute atomic E-state index is 0.0257. The lowest BCUT2D eigenvalue weighted by molar-refractivity contribution is -0.163. The molecule has 1 aromatic rings. The number of carboxylic acid groups (broad SMARTS) is 1. The Morgan fingerprint density at radius 1 is 1.36 bits per heavy atom. The SMILES string of the molecule is CN(C)c1cc(C[C@H]2C(=O)N([Si](C)(C)C(C)(C)C)[C@@H]2C(=O)O)ccn1. The second-order valence-corrected chi connectivity index (χ2v) is 13.6. The van der Waals surface area contributed by atoms with Crippen LogP contribution in [-0.2, 0) is 16.0 Å². The van der Waals surface area contributed by atoms with E-state index in [2.05, 4.69) is 38.8 Å². The molecule has 1 saturated heterocycles. The summed E-state index contributed by atoms with van der Waals surface area (Å²) >= 11 is 0. The van der Waals surface area contributed by atoms with Gasteiger partial charge in [0.1, 0.15) is 11.9 Å². The van der Waals surface area contributed by atoms with Crippen LogP contribution in [0.1, 0.15) is 26.3 Å². The maximum Gasteiger partial charge on any atom is 0.326 e. The van der Waals surface area contributed by atoms with Gasteiger partial charge < -0.3 is 14.6 Å². The van der Waals surface area contributed by atoms with Gasteiger partial charge in [-0.25, -0.2) is 9.78 Å². The Balaban J connectivity index is 2.27. The van der Waals surface area contributed by atoms with Gasteiger partial charge >= 0.3 is 5.97 Å². The Morgan fingerprint density at radius 3 is 2.44 bits per heavy atom. The van der Waals surface area contributed by atoms with Gasteiger partial charge in [0.2, 0.25) is 5.91 Å². The van der Waals surface area contributed by atoms with Crippen molar-refractivity contribution in [3.05, 3.63) is 23.9 Å². The number of aromatic nitrogens is 1. The molecule has 138 valence electrons. The van der Waals surface area contributed by atoms with Crippen LogP contribution in [0.5, 0.6) is 0 Å². The van der Waals surface area contributed by atoms with E-state index in [0.29, 0.717) is 6.42 Å². The molecule has 0 radical (unpaired) electrons. The summed E-state index contributed by atoms with van der Waals surface area (Å²) in [5, 5.41) is 9.66. The highest BCUT2D eigenvalue weighted by molar-refractivity contribution is 6.80. The van der Waals surface area contributed by atoms with Crippen LogP contribution in [0.25, 0.3) is 0 Å². The largest absolute Gasteiger partial charge is 0.480 e. The van der Waals surface area contributed by atoms with Crippen molar-refractivity contribution in [3.63, 3.8) is 0 Å². The fourth-order valence-electron chi connectivity index (χ4n) is 3.10. The van der Waals surface area contributed by atoms with E-state index in [0.717, 1.165) is 11.4 Å². The number of nitrogens with zero attached hydrogens (tertiary/aromatic N) is 3. The van der Waals surface area contributed by atoms with Crippen molar-refractivity contribution < 1.29 is 14.7 Å². The summed E-state index contributed by atoms with van der Waals surface area (Å²) < 4.78 is 1.69. The molecular weight excluding hydrogens is 334 g/mol. The van der Waals surface area contributed by atoms with E-state index >= 15 is 0 Å². The number of carbonyl (C=O) groups excluding carboxylic acids is 1. The predicted molar refractivity (Wildman–Crippen MR) is 101 cm³/mol. The number of rotatable bonds is 5. The Morgan fingerprint density at radius 2 is 1.96 bits per heavy atom. The number of anilines is 1. The monoisotopic (exact) mass is 363 g/mol. The smallest absolute Gasteiger partial charge is 0.326 e. The Hall–Kier alpha value is -1.89. The number of pyridine rings is 1. The standard InChI is InChI=1S/C18H29N3O3Si/c1-18(2,3)25(6,7)21-15(17(23)24)13(16(21)22)10-12-8-9-19-14(11-12)20(4)5/h8-9,11,13,15H,10H2,1-7H3,(H,23,24)/t13-,15+/m1/s1. The molecule has 1 aromatic heterocycles. The zero-order valence-electron chi connectivity index (χ0n) is 16.2. The lowest BCUT2D eigenvalue weighted by Gasteiger charge is -2.56. The quantitative estimate of drug-likeness (QED) is 0.643. The number of hydrogen-bond acceptors (Lipinski definition) is 4. The third kappa shape index (κ3) is 3.42. The number of amides is 1. The first-order chi connectivity index (χ1) is 11.4. The van der Waals surface area contributed by atoms with Gasteiger partial charge in [-0.05, 0) is 29.2 Å². The average molecular weight is 364 g/mol. The molecular formula is C18H29N3O3Si. The summed E-state index contributed by atoms with van der Waals surface area (Å²) in [6, 6.07) is 3.04. The minimum atomic E-state index is -2.22. The van der Waals surface area contributed by atoms with Crippen LogP contribution < -0.4 is 4.90 Å². The third-order valence-corrected chi connectivity index (χ3v) is 11.0. The highest BCUT2D eigenvalue weighted by Crippen LogP contribution is 2.45. The molecule has 7 heteroatoms. The van der Waals surface area contributed by atoms with Gasteiger partial charge in [-0.2, -0.15) is 0 Å². The number of hydrogen-bond donors (Lipinski definition) is 1. The number of carbonyl (C=O) groups is 2. The molecule has 1 aliphatic heterocycles. The molecule has 0 aromatic carbocycles. The zero-order valence-corrected chi connectivity index (χ0v) is 17.2. The highest BCUT2D eigenvalue weighted by atomic mass is 28.3. The summed E-state index contributed by atoms with van der Waals surface area (Å²) in [6.07, 6.45) is 2.14. The zero-order chi connectivity index (χ0) is 19.2.